The Kier molecular flexibility index (Phi) is 5.47. The van der Waals surface area contributed by atoms with Crippen molar-refractivity contribution in [1.29, 1.82) is 0 Å². The van der Waals surface area contributed by atoms with Gasteiger partial charge in [-0.2, -0.15) is 0 Å². The van der Waals surface area contributed by atoms with E-state index in [2.05, 4.69) is 29.2 Å². The third-order valence-electron chi connectivity index (χ3n) is 6.49. The van der Waals surface area contributed by atoms with Crippen LogP contribution in [0, 0.1) is 17.2 Å². The number of halogens is 1. The van der Waals surface area contributed by atoms with E-state index >= 15 is 0 Å². The second kappa shape index (κ2) is 8.02. The molecule has 0 aliphatic carbocycles. The number of aliphatic hydroxyl groups is 1. The predicted octanol–water partition coefficient (Wildman–Crippen LogP) is 3.17. The molecular weight excluding hydrogens is 355 g/mol. The molecule has 1 unspecified atom stereocenters. The summed E-state index contributed by atoms with van der Waals surface area (Å²) in [5, 5.41) is 10.0. The number of carbonyl (C=O) groups excluding carboxylic acids is 1. The van der Waals surface area contributed by atoms with Gasteiger partial charge in [-0.15, -0.1) is 0 Å². The molecule has 2 aliphatic rings. The SMILES string of the molecule is O=C(c1ccc(F)cc1)N1CCC2(CC1)CN(Cc1ccccc1)CC2CO. The predicted molar refractivity (Wildman–Crippen MR) is 106 cm³/mol. The first kappa shape index (κ1) is 19.1. The third kappa shape index (κ3) is 3.82. The van der Waals surface area contributed by atoms with Crippen LogP contribution >= 0.6 is 0 Å². The number of likely N-dealkylation sites (tertiary alicyclic amines) is 2. The normalized spacial score (nSPS) is 21.9. The third-order valence-corrected chi connectivity index (χ3v) is 6.49. The maximum atomic E-state index is 13.1. The van der Waals surface area contributed by atoms with Gasteiger partial charge < -0.3 is 10.0 Å². The zero-order chi connectivity index (χ0) is 19.6. The van der Waals surface area contributed by atoms with E-state index in [4.69, 9.17) is 0 Å². The van der Waals surface area contributed by atoms with Crippen LogP contribution in [0.3, 0.4) is 0 Å². The van der Waals surface area contributed by atoms with Crippen molar-refractivity contribution in [2.24, 2.45) is 11.3 Å². The minimum atomic E-state index is -0.329. The molecule has 2 saturated heterocycles. The number of aliphatic hydroxyl groups excluding tert-OH is 1. The molecule has 1 spiro atoms. The number of hydrogen-bond donors (Lipinski definition) is 1. The molecule has 148 valence electrons. The Balaban J connectivity index is 1.40. The summed E-state index contributed by atoms with van der Waals surface area (Å²) in [5.74, 6) is -0.113. The molecule has 2 aliphatic heterocycles. The lowest BCUT2D eigenvalue weighted by atomic mass is 9.71. The molecule has 1 N–H and O–H groups in total. The first-order valence-electron chi connectivity index (χ1n) is 10.0. The Morgan fingerprint density at radius 2 is 1.75 bits per heavy atom. The highest BCUT2D eigenvalue weighted by atomic mass is 19.1. The molecule has 2 fully saturated rings. The molecule has 4 nitrogen and oxygen atoms in total. The molecule has 1 amide bonds. The van der Waals surface area contributed by atoms with E-state index in [1.54, 1.807) is 12.1 Å². The van der Waals surface area contributed by atoms with Crippen LogP contribution in [0.1, 0.15) is 28.8 Å². The number of rotatable bonds is 4. The zero-order valence-electron chi connectivity index (χ0n) is 16.1. The average Bonchev–Trinajstić information content (AvgIpc) is 3.06. The number of benzene rings is 2. The maximum Gasteiger partial charge on any atom is 0.253 e. The largest absolute Gasteiger partial charge is 0.396 e. The minimum absolute atomic E-state index is 0.0328. The highest BCUT2D eigenvalue weighted by Gasteiger charge is 2.48. The minimum Gasteiger partial charge on any atom is -0.396 e. The van der Waals surface area contributed by atoms with Crippen LogP contribution in [-0.2, 0) is 6.54 Å². The van der Waals surface area contributed by atoms with Crippen LogP contribution in [-0.4, -0.2) is 53.6 Å². The van der Waals surface area contributed by atoms with Gasteiger partial charge in [0, 0.05) is 50.8 Å². The van der Waals surface area contributed by atoms with Crippen LogP contribution < -0.4 is 0 Å². The molecule has 2 heterocycles. The topological polar surface area (TPSA) is 43.8 Å². The van der Waals surface area contributed by atoms with Gasteiger partial charge in [0.05, 0.1) is 0 Å². The van der Waals surface area contributed by atoms with Crippen molar-refractivity contribution < 1.29 is 14.3 Å². The van der Waals surface area contributed by atoms with E-state index in [-0.39, 0.29) is 29.7 Å². The molecule has 28 heavy (non-hydrogen) atoms. The van der Waals surface area contributed by atoms with Crippen LogP contribution in [0.5, 0.6) is 0 Å². The van der Waals surface area contributed by atoms with Gasteiger partial charge in [-0.3, -0.25) is 9.69 Å². The molecule has 0 aromatic heterocycles. The van der Waals surface area contributed by atoms with Gasteiger partial charge in [0.2, 0.25) is 0 Å². The fourth-order valence-electron chi connectivity index (χ4n) is 4.85. The van der Waals surface area contributed by atoms with Crippen molar-refractivity contribution in [1.82, 2.24) is 9.80 Å². The number of hydrogen-bond acceptors (Lipinski definition) is 3. The molecule has 4 rings (SSSR count). The van der Waals surface area contributed by atoms with Crippen molar-refractivity contribution in [3.63, 3.8) is 0 Å². The average molecular weight is 382 g/mol. The molecule has 0 bridgehead atoms. The molecule has 0 radical (unpaired) electrons. The Hall–Kier alpha value is -2.24. The fourth-order valence-corrected chi connectivity index (χ4v) is 4.85. The maximum absolute atomic E-state index is 13.1. The first-order chi connectivity index (χ1) is 13.6. The van der Waals surface area contributed by atoms with Crippen molar-refractivity contribution in [3.8, 4) is 0 Å². The summed E-state index contributed by atoms with van der Waals surface area (Å²) in [6.45, 7) is 4.33. The van der Waals surface area contributed by atoms with Gasteiger partial charge >= 0.3 is 0 Å². The van der Waals surface area contributed by atoms with Crippen molar-refractivity contribution in [3.05, 3.63) is 71.5 Å². The van der Waals surface area contributed by atoms with E-state index in [1.165, 1.54) is 17.7 Å². The highest BCUT2D eigenvalue weighted by molar-refractivity contribution is 5.94. The monoisotopic (exact) mass is 382 g/mol. The van der Waals surface area contributed by atoms with Crippen molar-refractivity contribution in [2.45, 2.75) is 19.4 Å². The Bertz CT molecular complexity index is 801. The number of amides is 1. The quantitative estimate of drug-likeness (QED) is 0.883. The summed E-state index contributed by atoms with van der Waals surface area (Å²) >= 11 is 0. The second-order valence-electron chi connectivity index (χ2n) is 8.20. The fraction of sp³-hybridized carbons (Fsp3) is 0.435. The van der Waals surface area contributed by atoms with Crippen molar-refractivity contribution >= 4 is 5.91 Å². The van der Waals surface area contributed by atoms with Crippen LogP contribution in [0.4, 0.5) is 4.39 Å². The summed E-state index contributed by atoms with van der Waals surface area (Å²) in [6.07, 6.45) is 1.80. The molecule has 5 heteroatoms. The number of nitrogens with zero attached hydrogens (tertiary/aromatic N) is 2. The van der Waals surface area contributed by atoms with Gasteiger partial charge in [-0.1, -0.05) is 30.3 Å². The highest BCUT2D eigenvalue weighted by Crippen LogP contribution is 2.45. The zero-order valence-corrected chi connectivity index (χ0v) is 16.1. The Morgan fingerprint density at radius 1 is 1.07 bits per heavy atom. The van der Waals surface area contributed by atoms with Gasteiger partial charge in [0.15, 0.2) is 0 Å². The lowest BCUT2D eigenvalue weighted by Gasteiger charge is -2.42. The van der Waals surface area contributed by atoms with Crippen LogP contribution in [0.2, 0.25) is 0 Å². The van der Waals surface area contributed by atoms with Crippen LogP contribution in [0.15, 0.2) is 54.6 Å². The summed E-state index contributed by atoms with van der Waals surface area (Å²) in [6, 6.07) is 16.2. The van der Waals surface area contributed by atoms with Gasteiger partial charge in [0.25, 0.3) is 5.91 Å². The molecular formula is C23H27FN2O2. The number of carbonyl (C=O) groups is 1. The molecule has 2 aromatic rings. The van der Waals surface area contributed by atoms with E-state index in [9.17, 15) is 14.3 Å². The lowest BCUT2D eigenvalue weighted by molar-refractivity contribution is 0.0401. The summed E-state index contributed by atoms with van der Waals surface area (Å²) in [4.78, 5) is 17.0. The Morgan fingerprint density at radius 3 is 2.39 bits per heavy atom. The first-order valence-corrected chi connectivity index (χ1v) is 10.0. The molecule has 2 aromatic carbocycles. The lowest BCUT2D eigenvalue weighted by Crippen LogP contribution is -2.47. The standard InChI is InChI=1S/C23H27FN2O2/c24-21-8-6-19(7-9-21)22(28)26-12-10-23(11-13-26)17-25(15-20(23)16-27)14-18-4-2-1-3-5-18/h1-9,20,27H,10-17H2. The van der Waals surface area contributed by atoms with Gasteiger partial charge in [0.1, 0.15) is 5.82 Å². The molecule has 1 atom stereocenters. The van der Waals surface area contributed by atoms with E-state index < -0.39 is 0 Å². The van der Waals surface area contributed by atoms with E-state index in [1.807, 2.05) is 11.0 Å². The van der Waals surface area contributed by atoms with E-state index in [0.29, 0.717) is 18.7 Å². The number of piperidine rings is 1. The van der Waals surface area contributed by atoms with Crippen molar-refractivity contribution in [2.75, 3.05) is 32.8 Å². The van der Waals surface area contributed by atoms with Crippen LogP contribution in [0.25, 0.3) is 0 Å². The second-order valence-corrected chi connectivity index (χ2v) is 8.20. The Labute approximate surface area is 165 Å². The summed E-state index contributed by atoms with van der Waals surface area (Å²) < 4.78 is 13.1. The molecule has 0 saturated carbocycles. The smallest absolute Gasteiger partial charge is 0.253 e. The van der Waals surface area contributed by atoms with Gasteiger partial charge in [-0.25, -0.2) is 4.39 Å². The summed E-state index contributed by atoms with van der Waals surface area (Å²) in [5.41, 5.74) is 1.90. The van der Waals surface area contributed by atoms with Gasteiger partial charge in [-0.05, 0) is 48.1 Å². The summed E-state index contributed by atoms with van der Waals surface area (Å²) in [7, 11) is 0. The van der Waals surface area contributed by atoms with E-state index in [0.717, 1.165) is 32.5 Å².